The molecule has 0 saturated carbocycles. The van der Waals surface area contributed by atoms with Crippen molar-refractivity contribution in [3.05, 3.63) is 65.2 Å². The molecule has 0 spiro atoms. The van der Waals surface area contributed by atoms with Crippen LogP contribution in [0.1, 0.15) is 54.2 Å². The van der Waals surface area contributed by atoms with Crippen molar-refractivity contribution >= 4 is 17.7 Å². The normalized spacial score (nSPS) is 16.9. The number of benzene rings is 2. The predicted octanol–water partition coefficient (Wildman–Crippen LogP) is 4.99. The molecule has 1 N–H and O–H groups in total. The Morgan fingerprint density at radius 3 is 2.70 bits per heavy atom. The molecule has 1 aliphatic carbocycles. The minimum Gasteiger partial charge on any atom is -0.345 e. The minimum absolute atomic E-state index is 0.0375. The highest BCUT2D eigenvalue weighted by Gasteiger charge is 2.22. The molecule has 2 aromatic carbocycles. The van der Waals surface area contributed by atoms with E-state index in [0.717, 1.165) is 29.7 Å². The van der Waals surface area contributed by atoms with Gasteiger partial charge in [-0.3, -0.25) is 4.79 Å². The molecule has 3 rings (SSSR count). The average Bonchev–Trinajstić information content (AvgIpc) is 2.55. The Morgan fingerprint density at radius 1 is 1.13 bits per heavy atom. The maximum absolute atomic E-state index is 12.8. The third-order valence-corrected chi connectivity index (χ3v) is 5.25. The van der Waals surface area contributed by atoms with E-state index in [1.54, 1.807) is 11.8 Å². The van der Waals surface area contributed by atoms with Crippen molar-refractivity contribution in [2.45, 2.75) is 49.3 Å². The molecule has 0 fully saturated rings. The van der Waals surface area contributed by atoms with Crippen LogP contribution in [0.15, 0.2) is 53.4 Å². The number of hydrogen-bond acceptors (Lipinski definition) is 2. The molecule has 120 valence electrons. The lowest BCUT2D eigenvalue weighted by molar-refractivity contribution is 0.0930. The van der Waals surface area contributed by atoms with E-state index < -0.39 is 0 Å². The fourth-order valence-corrected chi connectivity index (χ4v) is 4.10. The SMILES string of the molecule is CC(C)Sc1ccccc1C(=O)NC1CCCc2ccccc21. The fraction of sp³-hybridized carbons (Fsp3) is 0.350. The molecular weight excluding hydrogens is 302 g/mol. The van der Waals surface area contributed by atoms with E-state index in [1.807, 2.05) is 24.3 Å². The Labute approximate surface area is 142 Å². The highest BCUT2D eigenvalue weighted by Crippen LogP contribution is 2.31. The van der Waals surface area contributed by atoms with E-state index >= 15 is 0 Å². The van der Waals surface area contributed by atoms with Crippen LogP contribution in [0.4, 0.5) is 0 Å². The number of nitrogens with one attached hydrogen (secondary N) is 1. The highest BCUT2D eigenvalue weighted by atomic mass is 32.2. The number of carbonyl (C=O) groups excluding carboxylic acids is 1. The Kier molecular flexibility index (Phi) is 5.06. The zero-order valence-corrected chi connectivity index (χ0v) is 14.5. The molecule has 2 aromatic rings. The van der Waals surface area contributed by atoms with E-state index in [9.17, 15) is 4.79 Å². The summed E-state index contributed by atoms with van der Waals surface area (Å²) in [6, 6.07) is 16.5. The summed E-state index contributed by atoms with van der Waals surface area (Å²) in [5, 5.41) is 3.71. The van der Waals surface area contributed by atoms with Crippen LogP contribution in [-0.2, 0) is 6.42 Å². The summed E-state index contributed by atoms with van der Waals surface area (Å²) in [7, 11) is 0. The van der Waals surface area contributed by atoms with Gasteiger partial charge in [0.25, 0.3) is 5.91 Å². The Bertz CT molecular complexity index is 696. The third-order valence-electron chi connectivity index (χ3n) is 4.17. The molecule has 1 aliphatic rings. The van der Waals surface area contributed by atoms with Gasteiger partial charge in [0.15, 0.2) is 0 Å². The number of amides is 1. The highest BCUT2D eigenvalue weighted by molar-refractivity contribution is 8.00. The van der Waals surface area contributed by atoms with Crippen molar-refractivity contribution < 1.29 is 4.79 Å². The number of aryl methyl sites for hydroxylation is 1. The Hall–Kier alpha value is -1.74. The van der Waals surface area contributed by atoms with Gasteiger partial charge in [-0.05, 0) is 42.5 Å². The summed E-state index contributed by atoms with van der Waals surface area (Å²) in [5.74, 6) is 0.0375. The van der Waals surface area contributed by atoms with Crippen LogP contribution in [0.3, 0.4) is 0 Å². The molecule has 3 heteroatoms. The quantitative estimate of drug-likeness (QED) is 0.802. The van der Waals surface area contributed by atoms with Crippen LogP contribution >= 0.6 is 11.8 Å². The maximum atomic E-state index is 12.8. The molecule has 0 bridgehead atoms. The molecular formula is C20H23NOS. The first kappa shape index (κ1) is 16.1. The first-order chi connectivity index (χ1) is 11.1. The lowest BCUT2D eigenvalue weighted by Crippen LogP contribution is -2.31. The largest absolute Gasteiger partial charge is 0.345 e. The van der Waals surface area contributed by atoms with E-state index in [0.29, 0.717) is 5.25 Å². The molecule has 0 aromatic heterocycles. The molecule has 23 heavy (non-hydrogen) atoms. The van der Waals surface area contributed by atoms with Crippen LogP contribution in [0.25, 0.3) is 0 Å². The van der Waals surface area contributed by atoms with Crippen molar-refractivity contribution in [2.24, 2.45) is 0 Å². The standard InChI is InChI=1S/C20H23NOS/c1-14(2)23-19-13-6-5-11-17(19)20(22)21-18-12-7-9-15-8-3-4-10-16(15)18/h3-6,8,10-11,13-14,18H,7,9,12H2,1-2H3,(H,21,22). The lowest BCUT2D eigenvalue weighted by atomic mass is 9.87. The van der Waals surface area contributed by atoms with Gasteiger partial charge in [-0.25, -0.2) is 0 Å². The molecule has 1 unspecified atom stereocenters. The third kappa shape index (κ3) is 3.78. The van der Waals surface area contributed by atoms with E-state index in [4.69, 9.17) is 0 Å². The topological polar surface area (TPSA) is 29.1 Å². The van der Waals surface area contributed by atoms with E-state index in [2.05, 4.69) is 43.4 Å². The van der Waals surface area contributed by atoms with Crippen LogP contribution in [0.5, 0.6) is 0 Å². The monoisotopic (exact) mass is 325 g/mol. The molecule has 1 atom stereocenters. The molecule has 0 saturated heterocycles. The first-order valence-corrected chi connectivity index (χ1v) is 9.17. The van der Waals surface area contributed by atoms with Gasteiger partial charge in [0, 0.05) is 10.1 Å². The zero-order valence-electron chi connectivity index (χ0n) is 13.7. The van der Waals surface area contributed by atoms with E-state index in [1.165, 1.54) is 11.1 Å². The fourth-order valence-electron chi connectivity index (χ4n) is 3.15. The summed E-state index contributed by atoms with van der Waals surface area (Å²) < 4.78 is 0. The Morgan fingerprint density at radius 2 is 1.87 bits per heavy atom. The van der Waals surface area contributed by atoms with Gasteiger partial charge < -0.3 is 5.32 Å². The molecule has 2 nitrogen and oxygen atoms in total. The van der Waals surface area contributed by atoms with Gasteiger partial charge in [0.05, 0.1) is 11.6 Å². The maximum Gasteiger partial charge on any atom is 0.252 e. The van der Waals surface area contributed by atoms with Gasteiger partial charge in [-0.2, -0.15) is 0 Å². The molecule has 1 amide bonds. The number of carbonyl (C=O) groups is 1. The smallest absolute Gasteiger partial charge is 0.252 e. The second-order valence-electron chi connectivity index (χ2n) is 6.28. The van der Waals surface area contributed by atoms with Crippen molar-refractivity contribution in [3.63, 3.8) is 0 Å². The predicted molar refractivity (Wildman–Crippen MR) is 97.0 cm³/mol. The van der Waals surface area contributed by atoms with Crippen LogP contribution < -0.4 is 5.32 Å². The van der Waals surface area contributed by atoms with Crippen molar-refractivity contribution in [3.8, 4) is 0 Å². The van der Waals surface area contributed by atoms with Crippen LogP contribution in [0, 0.1) is 0 Å². The molecule has 0 radical (unpaired) electrons. The van der Waals surface area contributed by atoms with Crippen molar-refractivity contribution in [2.75, 3.05) is 0 Å². The van der Waals surface area contributed by atoms with Crippen LogP contribution in [-0.4, -0.2) is 11.2 Å². The average molecular weight is 325 g/mol. The zero-order chi connectivity index (χ0) is 16.2. The number of thioether (sulfide) groups is 1. The summed E-state index contributed by atoms with van der Waals surface area (Å²) in [6.07, 6.45) is 3.26. The summed E-state index contributed by atoms with van der Waals surface area (Å²) in [6.45, 7) is 4.30. The van der Waals surface area contributed by atoms with Gasteiger partial charge in [0.2, 0.25) is 0 Å². The minimum atomic E-state index is 0.0375. The Balaban J connectivity index is 1.81. The van der Waals surface area contributed by atoms with Gasteiger partial charge >= 0.3 is 0 Å². The summed E-state index contributed by atoms with van der Waals surface area (Å²) in [4.78, 5) is 13.9. The number of hydrogen-bond donors (Lipinski definition) is 1. The molecule has 0 heterocycles. The first-order valence-electron chi connectivity index (χ1n) is 8.29. The summed E-state index contributed by atoms with van der Waals surface area (Å²) in [5.41, 5.74) is 3.43. The van der Waals surface area contributed by atoms with Crippen molar-refractivity contribution in [1.82, 2.24) is 5.32 Å². The van der Waals surface area contributed by atoms with Gasteiger partial charge in [-0.15, -0.1) is 11.8 Å². The van der Waals surface area contributed by atoms with Gasteiger partial charge in [0.1, 0.15) is 0 Å². The number of fused-ring (bicyclic) bond motifs is 1. The van der Waals surface area contributed by atoms with Crippen molar-refractivity contribution in [1.29, 1.82) is 0 Å². The molecule has 0 aliphatic heterocycles. The number of rotatable bonds is 4. The van der Waals surface area contributed by atoms with E-state index in [-0.39, 0.29) is 11.9 Å². The second-order valence-corrected chi connectivity index (χ2v) is 7.90. The lowest BCUT2D eigenvalue weighted by Gasteiger charge is -2.26. The second kappa shape index (κ2) is 7.22. The van der Waals surface area contributed by atoms with Gasteiger partial charge in [-0.1, -0.05) is 50.2 Å². The summed E-state index contributed by atoms with van der Waals surface area (Å²) >= 11 is 1.74. The van der Waals surface area contributed by atoms with Crippen LogP contribution in [0.2, 0.25) is 0 Å².